The largest absolute Gasteiger partial charge is 4.00 e. The van der Waals surface area contributed by atoms with Crippen LogP contribution in [0.25, 0.3) is 0 Å². The molecule has 2 aliphatic carbocycles. The number of rotatable bonds is 12. The van der Waals surface area contributed by atoms with E-state index in [1.165, 1.54) is 89.1 Å². The van der Waals surface area contributed by atoms with Gasteiger partial charge >= 0.3 is 25.8 Å². The van der Waals surface area contributed by atoms with Gasteiger partial charge in [0.05, 0.1) is 0 Å². The van der Waals surface area contributed by atoms with E-state index in [0.717, 1.165) is 0 Å². The minimum absolute atomic E-state index is 0. The van der Waals surface area contributed by atoms with Gasteiger partial charge in [-0.15, -0.1) is 0 Å². The molecule has 2 heterocycles. The van der Waals surface area contributed by atoms with Crippen molar-refractivity contribution in [3.05, 3.63) is 45.8 Å². The van der Waals surface area contributed by atoms with Crippen LogP contribution in [0.5, 0.6) is 0 Å². The van der Waals surface area contributed by atoms with Gasteiger partial charge in [-0.25, -0.2) is 22.5 Å². The molecule has 4 rings (SSSR count). The Morgan fingerprint density at radius 3 is 1.26 bits per heavy atom. The Hall–Kier alpha value is 0.844. The molecule has 2 fully saturated rings. The van der Waals surface area contributed by atoms with Gasteiger partial charge in [-0.2, -0.15) is 11.1 Å². The van der Waals surface area contributed by atoms with E-state index in [1.807, 2.05) is 0 Å². The molecule has 0 N–H and O–H groups in total. The average Bonchev–Trinajstić information content (AvgIpc) is 3.41. The molecule has 5 heteroatoms. The Morgan fingerprint density at radius 2 is 1.00 bits per heavy atom. The van der Waals surface area contributed by atoms with Gasteiger partial charge in [-0.3, -0.25) is 12.2 Å². The van der Waals surface area contributed by atoms with E-state index in [4.69, 9.17) is 0 Å². The van der Waals surface area contributed by atoms with Crippen LogP contribution in [0.4, 0.5) is 0 Å². The Bertz CT molecular complexity index is 669. The molecule has 4 aliphatic rings. The van der Waals surface area contributed by atoms with Gasteiger partial charge < -0.3 is 24.8 Å². The quantitative estimate of drug-likeness (QED) is 0.211. The molecule has 0 aromatic heterocycles. The number of unbranched alkanes of at least 4 members (excludes halogenated alkanes) is 2. The molecule has 196 valence electrons. The molecule has 0 radical (unpaired) electrons. The second-order valence-corrected chi connectivity index (χ2v) is 20.3. The van der Waals surface area contributed by atoms with Crippen molar-refractivity contribution < 1.29 is 50.7 Å². The van der Waals surface area contributed by atoms with E-state index in [0.29, 0.717) is 0 Å². The summed E-state index contributed by atoms with van der Waals surface area (Å²) in [6.45, 7) is 9.26. The third-order valence-corrected chi connectivity index (χ3v) is 19.7. The third-order valence-electron chi connectivity index (χ3n) is 8.61. The normalized spacial score (nSPS) is 20.7. The van der Waals surface area contributed by atoms with E-state index < -0.39 is 16.1 Å². The number of allylic oxidation sites excluding steroid dienone is 8. The third kappa shape index (κ3) is 9.52. The predicted molar refractivity (Wildman–Crippen MR) is 148 cm³/mol. The summed E-state index contributed by atoms with van der Waals surface area (Å²) in [6.07, 6.45) is 28.8. The van der Waals surface area contributed by atoms with Crippen LogP contribution in [0.2, 0.25) is 36.3 Å². The van der Waals surface area contributed by atoms with Crippen LogP contribution >= 0.6 is 0 Å². The average molecular weight is 716 g/mol. The van der Waals surface area contributed by atoms with Gasteiger partial charge in [0.1, 0.15) is 0 Å². The summed E-state index contributed by atoms with van der Waals surface area (Å²) >= 11 is 0. The van der Waals surface area contributed by atoms with E-state index >= 15 is 0 Å². The van der Waals surface area contributed by atoms with Crippen molar-refractivity contribution in [1.82, 2.24) is 0 Å². The molecule has 0 spiro atoms. The Labute approximate surface area is 252 Å². The fraction of sp³-hybridized carbons (Fsp3) is 0.733. The second-order valence-electron chi connectivity index (χ2n) is 11.1. The van der Waals surface area contributed by atoms with E-state index in [9.17, 15) is 0 Å². The smallest absolute Gasteiger partial charge is 1.00 e. The molecule has 0 aromatic carbocycles. The van der Waals surface area contributed by atoms with Crippen LogP contribution in [0.3, 0.4) is 0 Å². The van der Waals surface area contributed by atoms with Crippen LogP contribution in [-0.4, -0.2) is 16.1 Å². The first-order valence-corrected chi connectivity index (χ1v) is 19.5. The summed E-state index contributed by atoms with van der Waals surface area (Å²) in [6, 6.07) is 9.27. The maximum Gasteiger partial charge on any atom is 4.00 e. The number of hydrogen-bond donors (Lipinski definition) is 0. The number of hydrogen-bond acceptors (Lipinski definition) is 0. The first-order valence-electron chi connectivity index (χ1n) is 14.3. The summed E-state index contributed by atoms with van der Waals surface area (Å²) in [7, 11) is -1.92. The molecule has 0 amide bonds. The zero-order valence-corrected chi connectivity index (χ0v) is 30.2. The van der Waals surface area contributed by atoms with Crippen LogP contribution in [0.15, 0.2) is 33.7 Å². The first-order chi connectivity index (χ1) is 15.6. The second kappa shape index (κ2) is 18.2. The standard InChI is InChI=1S/2C15H25Si.2ClH.Hf/c2*1-3-5-7-14-8-9-15(13-14)16(10-4-2)11-6-12-16;;;/h2*9H,3-8,10-12H2,1-2H3;2*1H;/q2*-1;;;+4/p-2. The summed E-state index contributed by atoms with van der Waals surface area (Å²) in [5.41, 5.74) is 3.21. The van der Waals surface area contributed by atoms with Gasteiger partial charge in [0, 0.05) is 16.1 Å². The van der Waals surface area contributed by atoms with E-state index in [-0.39, 0.29) is 50.7 Å². The van der Waals surface area contributed by atoms with E-state index in [1.54, 1.807) is 45.7 Å². The van der Waals surface area contributed by atoms with E-state index in [2.05, 4.69) is 52.0 Å². The molecule has 2 saturated heterocycles. The minimum atomic E-state index is -0.962. The molecule has 0 aromatic rings. The van der Waals surface area contributed by atoms with Crippen LogP contribution in [-0.2, 0) is 25.8 Å². The molecule has 0 bridgehead atoms. The van der Waals surface area contributed by atoms with Gasteiger partial charge in [0.15, 0.2) is 0 Å². The molecular weight excluding hydrogens is 666 g/mol. The van der Waals surface area contributed by atoms with Crippen molar-refractivity contribution in [3.63, 3.8) is 0 Å². The molecule has 0 atom stereocenters. The SMILES string of the molecule is CCCCC1=[C-]C([Si]2(CCC)CCC2)=CC1.CCCCC1=[C-]C([Si]2(CCC)CCC2)=CC1.[Cl-].[Cl-].[Hf+4]. The van der Waals surface area contributed by atoms with Gasteiger partial charge in [-0.1, -0.05) is 141 Å². The Balaban J connectivity index is 0.000000608. The van der Waals surface area contributed by atoms with Crippen molar-refractivity contribution in [1.29, 1.82) is 0 Å². The first kappa shape index (κ1) is 35.8. The molecule has 0 nitrogen and oxygen atoms in total. The van der Waals surface area contributed by atoms with Crippen molar-refractivity contribution in [3.8, 4) is 0 Å². The maximum absolute atomic E-state index is 3.79. The fourth-order valence-corrected chi connectivity index (χ4v) is 15.2. The fourth-order valence-electron chi connectivity index (χ4n) is 6.32. The summed E-state index contributed by atoms with van der Waals surface area (Å²) in [4.78, 5) is 0. The van der Waals surface area contributed by atoms with Crippen LogP contribution in [0, 0.1) is 12.2 Å². The van der Waals surface area contributed by atoms with Crippen LogP contribution in [0.1, 0.15) is 105 Å². The molecular formula is C30H50Cl2HfSi2. The molecule has 2 aliphatic heterocycles. The van der Waals surface area contributed by atoms with Gasteiger partial charge in [0.25, 0.3) is 0 Å². The van der Waals surface area contributed by atoms with Crippen LogP contribution < -0.4 is 24.8 Å². The summed E-state index contributed by atoms with van der Waals surface area (Å²) in [5, 5.41) is 3.43. The topological polar surface area (TPSA) is 0 Å². The van der Waals surface area contributed by atoms with Gasteiger partial charge in [-0.05, 0) is 0 Å². The minimum Gasteiger partial charge on any atom is -1.00 e. The maximum atomic E-state index is 3.79. The molecule has 0 unspecified atom stereocenters. The van der Waals surface area contributed by atoms with Crippen molar-refractivity contribution in [2.45, 2.75) is 141 Å². The Morgan fingerprint density at radius 1 is 0.629 bits per heavy atom. The monoisotopic (exact) mass is 716 g/mol. The zero-order valence-electron chi connectivity index (χ0n) is 23.1. The van der Waals surface area contributed by atoms with Crippen molar-refractivity contribution >= 4 is 16.1 Å². The van der Waals surface area contributed by atoms with Gasteiger partial charge in [0.2, 0.25) is 0 Å². The molecule has 35 heavy (non-hydrogen) atoms. The molecule has 0 saturated carbocycles. The van der Waals surface area contributed by atoms with Crippen molar-refractivity contribution in [2.24, 2.45) is 0 Å². The summed E-state index contributed by atoms with van der Waals surface area (Å²) < 4.78 is 0. The zero-order chi connectivity index (χ0) is 22.9. The number of halogens is 2. The Kier molecular flexibility index (Phi) is 18.6. The predicted octanol–water partition coefficient (Wildman–Crippen LogP) is 4.08. The van der Waals surface area contributed by atoms with Crippen molar-refractivity contribution in [2.75, 3.05) is 0 Å². The summed E-state index contributed by atoms with van der Waals surface area (Å²) in [5.74, 6) is 0.